The molecule has 2 nitrogen and oxygen atoms in total. The summed E-state index contributed by atoms with van der Waals surface area (Å²) >= 11 is 0. The molecule has 1 heterocycles. The fourth-order valence-electron chi connectivity index (χ4n) is 4.00. The maximum atomic E-state index is 8.94. The van der Waals surface area contributed by atoms with E-state index in [-0.39, 0.29) is 0 Å². The number of hydrogen-bond donors (Lipinski definition) is 0. The molecule has 1 saturated carbocycles. The second-order valence-electron chi connectivity index (χ2n) is 6.58. The van der Waals surface area contributed by atoms with Crippen molar-refractivity contribution < 1.29 is 0 Å². The Labute approximate surface area is 122 Å². The number of likely N-dealkylation sites (tertiary alicyclic amines) is 1. The smallest absolute Gasteiger partial charge is 0.0991 e. The van der Waals surface area contributed by atoms with Gasteiger partial charge in [-0.3, -0.25) is 4.90 Å². The SMILES string of the molecule is Cc1cc(C#N)ccc1CN1CCC2CCCCC2C1. The fourth-order valence-corrected chi connectivity index (χ4v) is 4.00. The average Bonchev–Trinajstić information content (AvgIpc) is 2.49. The van der Waals surface area contributed by atoms with Gasteiger partial charge in [-0.2, -0.15) is 5.26 Å². The zero-order valence-electron chi connectivity index (χ0n) is 12.4. The Balaban J connectivity index is 1.65. The van der Waals surface area contributed by atoms with Gasteiger partial charge in [-0.1, -0.05) is 25.3 Å². The molecular weight excluding hydrogens is 244 g/mol. The van der Waals surface area contributed by atoms with Crippen LogP contribution in [0.25, 0.3) is 0 Å². The van der Waals surface area contributed by atoms with Crippen LogP contribution >= 0.6 is 0 Å². The van der Waals surface area contributed by atoms with Crippen molar-refractivity contribution in [1.82, 2.24) is 4.90 Å². The van der Waals surface area contributed by atoms with Gasteiger partial charge in [0.2, 0.25) is 0 Å². The van der Waals surface area contributed by atoms with Gasteiger partial charge in [-0.15, -0.1) is 0 Å². The quantitative estimate of drug-likeness (QED) is 0.814. The van der Waals surface area contributed by atoms with Gasteiger partial charge < -0.3 is 0 Å². The van der Waals surface area contributed by atoms with Crippen molar-refractivity contribution in [3.05, 3.63) is 34.9 Å². The molecule has 0 N–H and O–H groups in total. The minimum absolute atomic E-state index is 0.775. The van der Waals surface area contributed by atoms with Crippen LogP contribution in [-0.2, 0) is 6.54 Å². The number of hydrogen-bond acceptors (Lipinski definition) is 2. The summed E-state index contributed by atoms with van der Waals surface area (Å²) in [5.41, 5.74) is 3.42. The molecule has 2 fully saturated rings. The topological polar surface area (TPSA) is 27.0 Å². The second kappa shape index (κ2) is 5.97. The molecule has 0 radical (unpaired) electrons. The van der Waals surface area contributed by atoms with E-state index in [1.165, 1.54) is 56.3 Å². The molecule has 1 saturated heterocycles. The van der Waals surface area contributed by atoms with Crippen molar-refractivity contribution in [3.63, 3.8) is 0 Å². The molecule has 2 atom stereocenters. The fraction of sp³-hybridized carbons (Fsp3) is 0.611. The third-order valence-corrected chi connectivity index (χ3v) is 5.24. The van der Waals surface area contributed by atoms with Crippen molar-refractivity contribution in [1.29, 1.82) is 5.26 Å². The maximum absolute atomic E-state index is 8.94. The second-order valence-corrected chi connectivity index (χ2v) is 6.58. The lowest BCUT2D eigenvalue weighted by atomic mass is 9.75. The van der Waals surface area contributed by atoms with Gasteiger partial charge in [0.25, 0.3) is 0 Å². The van der Waals surface area contributed by atoms with E-state index in [9.17, 15) is 0 Å². The van der Waals surface area contributed by atoms with Crippen LogP contribution in [0.2, 0.25) is 0 Å². The monoisotopic (exact) mass is 268 g/mol. The first-order valence-electron chi connectivity index (χ1n) is 7.98. The summed E-state index contributed by atoms with van der Waals surface area (Å²) in [6, 6.07) is 8.33. The van der Waals surface area contributed by atoms with E-state index in [4.69, 9.17) is 5.26 Å². The van der Waals surface area contributed by atoms with Gasteiger partial charge in [0.1, 0.15) is 0 Å². The minimum atomic E-state index is 0.775. The lowest BCUT2D eigenvalue weighted by Gasteiger charge is -2.41. The predicted molar refractivity (Wildman–Crippen MR) is 81.2 cm³/mol. The molecule has 1 aromatic carbocycles. The highest BCUT2D eigenvalue weighted by Gasteiger charge is 2.30. The van der Waals surface area contributed by atoms with E-state index >= 15 is 0 Å². The van der Waals surface area contributed by atoms with Crippen molar-refractivity contribution in [2.24, 2.45) is 11.8 Å². The minimum Gasteiger partial charge on any atom is -0.299 e. The average molecular weight is 268 g/mol. The Kier molecular flexibility index (Phi) is 4.08. The Morgan fingerprint density at radius 3 is 2.75 bits per heavy atom. The number of nitrogens with zero attached hydrogens (tertiary/aromatic N) is 2. The Hall–Kier alpha value is -1.33. The summed E-state index contributed by atoms with van der Waals surface area (Å²) in [5, 5.41) is 8.94. The highest BCUT2D eigenvalue weighted by Crippen LogP contribution is 2.36. The molecular formula is C18H24N2. The number of fused-ring (bicyclic) bond motifs is 1. The standard InChI is InChI=1S/C18H24N2/c1-14-10-15(11-19)6-7-17(14)12-20-9-8-16-4-2-3-5-18(16)13-20/h6-7,10,16,18H,2-5,8-9,12-13H2,1H3. The molecule has 0 bridgehead atoms. The Morgan fingerprint density at radius 1 is 1.20 bits per heavy atom. The number of rotatable bonds is 2. The summed E-state index contributed by atoms with van der Waals surface area (Å²) in [4.78, 5) is 2.63. The van der Waals surface area contributed by atoms with Crippen LogP contribution in [0.3, 0.4) is 0 Å². The van der Waals surface area contributed by atoms with Crippen LogP contribution in [-0.4, -0.2) is 18.0 Å². The van der Waals surface area contributed by atoms with E-state index in [0.717, 1.165) is 23.9 Å². The van der Waals surface area contributed by atoms with Gasteiger partial charge >= 0.3 is 0 Å². The van der Waals surface area contributed by atoms with E-state index in [2.05, 4.69) is 24.0 Å². The molecule has 0 spiro atoms. The summed E-state index contributed by atoms with van der Waals surface area (Å²) in [5.74, 6) is 1.94. The van der Waals surface area contributed by atoms with Crippen molar-refractivity contribution in [3.8, 4) is 6.07 Å². The lowest BCUT2D eigenvalue weighted by Crippen LogP contribution is -2.41. The van der Waals surface area contributed by atoms with E-state index in [1.54, 1.807) is 0 Å². The summed E-state index contributed by atoms with van der Waals surface area (Å²) in [7, 11) is 0. The number of benzene rings is 1. The van der Waals surface area contributed by atoms with Crippen LogP contribution in [0, 0.1) is 30.1 Å². The summed E-state index contributed by atoms with van der Waals surface area (Å²) < 4.78 is 0. The number of aryl methyl sites for hydroxylation is 1. The molecule has 2 aliphatic rings. The number of nitriles is 1. The summed E-state index contributed by atoms with van der Waals surface area (Å²) in [6.45, 7) is 5.72. The molecule has 2 unspecified atom stereocenters. The first-order valence-corrected chi connectivity index (χ1v) is 7.98. The van der Waals surface area contributed by atoms with Crippen LogP contribution in [0.15, 0.2) is 18.2 Å². The van der Waals surface area contributed by atoms with Crippen LogP contribution in [0.1, 0.15) is 48.8 Å². The Bertz CT molecular complexity index is 515. The number of piperidine rings is 1. The highest BCUT2D eigenvalue weighted by atomic mass is 15.1. The summed E-state index contributed by atoms with van der Waals surface area (Å²) in [6.07, 6.45) is 7.18. The van der Waals surface area contributed by atoms with Crippen molar-refractivity contribution in [2.75, 3.05) is 13.1 Å². The van der Waals surface area contributed by atoms with E-state index < -0.39 is 0 Å². The largest absolute Gasteiger partial charge is 0.299 e. The molecule has 0 amide bonds. The predicted octanol–water partition coefficient (Wildman–Crippen LogP) is 3.88. The van der Waals surface area contributed by atoms with Crippen LogP contribution in [0.4, 0.5) is 0 Å². The first-order chi connectivity index (χ1) is 9.76. The molecule has 106 valence electrons. The van der Waals surface area contributed by atoms with Crippen molar-refractivity contribution in [2.45, 2.75) is 45.6 Å². The molecule has 1 aliphatic heterocycles. The van der Waals surface area contributed by atoms with Crippen LogP contribution < -0.4 is 0 Å². The maximum Gasteiger partial charge on any atom is 0.0991 e. The van der Waals surface area contributed by atoms with E-state index in [0.29, 0.717) is 0 Å². The van der Waals surface area contributed by atoms with Crippen LogP contribution in [0.5, 0.6) is 0 Å². The molecule has 20 heavy (non-hydrogen) atoms. The van der Waals surface area contributed by atoms with E-state index in [1.807, 2.05) is 12.1 Å². The van der Waals surface area contributed by atoms with Gasteiger partial charge in [-0.05, 0) is 61.4 Å². The third-order valence-electron chi connectivity index (χ3n) is 5.24. The Morgan fingerprint density at radius 2 is 2.00 bits per heavy atom. The normalized spacial score (nSPS) is 26.8. The van der Waals surface area contributed by atoms with Gasteiger partial charge in [0.05, 0.1) is 11.6 Å². The van der Waals surface area contributed by atoms with Gasteiger partial charge in [-0.25, -0.2) is 0 Å². The molecule has 1 aromatic rings. The third kappa shape index (κ3) is 2.88. The van der Waals surface area contributed by atoms with Gasteiger partial charge in [0.15, 0.2) is 0 Å². The molecule has 3 rings (SSSR count). The molecule has 2 heteroatoms. The van der Waals surface area contributed by atoms with Crippen molar-refractivity contribution >= 4 is 0 Å². The van der Waals surface area contributed by atoms with Gasteiger partial charge in [0, 0.05) is 13.1 Å². The lowest BCUT2D eigenvalue weighted by molar-refractivity contribution is 0.0819. The molecule has 0 aromatic heterocycles. The highest BCUT2D eigenvalue weighted by molar-refractivity contribution is 5.37. The zero-order chi connectivity index (χ0) is 13.9. The first kappa shape index (κ1) is 13.6. The zero-order valence-corrected chi connectivity index (χ0v) is 12.4. The molecule has 1 aliphatic carbocycles.